The fourth-order valence-electron chi connectivity index (χ4n) is 2.55. The summed E-state index contributed by atoms with van der Waals surface area (Å²) in [5.74, 6) is 0.866. The van der Waals surface area contributed by atoms with Gasteiger partial charge in [0, 0.05) is 21.2 Å². The summed E-state index contributed by atoms with van der Waals surface area (Å²) >= 11 is 12.7. The third-order valence-electron chi connectivity index (χ3n) is 3.80. The molecule has 2 aromatic carbocycles. The molecule has 2 rings (SSSR count). The van der Waals surface area contributed by atoms with Crippen LogP contribution < -0.4 is 10.1 Å². The standard InChI is InChI=1S/C17H19Cl2NO/c1-10-8-9-12(17(21-4)11(10)2)16(20-3)15-13(18)6-5-7-14(15)19/h5-9,16,20H,1-4H3. The Kier molecular flexibility index (Phi) is 5.15. The molecule has 0 aliphatic heterocycles. The third-order valence-corrected chi connectivity index (χ3v) is 4.46. The summed E-state index contributed by atoms with van der Waals surface area (Å²) in [6.45, 7) is 4.12. The van der Waals surface area contributed by atoms with Crippen LogP contribution in [0.1, 0.15) is 28.3 Å². The van der Waals surface area contributed by atoms with Crippen LogP contribution in [-0.2, 0) is 0 Å². The smallest absolute Gasteiger partial charge is 0.127 e. The van der Waals surface area contributed by atoms with Crippen molar-refractivity contribution in [3.05, 3.63) is 62.6 Å². The Hall–Kier alpha value is -1.22. The lowest BCUT2D eigenvalue weighted by molar-refractivity contribution is 0.402. The zero-order valence-corrected chi connectivity index (χ0v) is 14.1. The summed E-state index contributed by atoms with van der Waals surface area (Å²) in [6.07, 6.45) is 0. The summed E-state index contributed by atoms with van der Waals surface area (Å²) in [7, 11) is 3.57. The lowest BCUT2D eigenvalue weighted by Crippen LogP contribution is -2.19. The van der Waals surface area contributed by atoms with Gasteiger partial charge in [-0.25, -0.2) is 0 Å². The second-order valence-corrected chi connectivity index (χ2v) is 5.80. The van der Waals surface area contributed by atoms with Gasteiger partial charge in [0.25, 0.3) is 0 Å². The van der Waals surface area contributed by atoms with Gasteiger partial charge in [0.05, 0.1) is 13.2 Å². The van der Waals surface area contributed by atoms with Crippen molar-refractivity contribution in [2.75, 3.05) is 14.2 Å². The summed E-state index contributed by atoms with van der Waals surface area (Å²) in [5, 5.41) is 4.57. The van der Waals surface area contributed by atoms with Crippen molar-refractivity contribution < 1.29 is 4.74 Å². The van der Waals surface area contributed by atoms with Crippen molar-refractivity contribution in [3.63, 3.8) is 0 Å². The van der Waals surface area contributed by atoms with Gasteiger partial charge >= 0.3 is 0 Å². The summed E-state index contributed by atoms with van der Waals surface area (Å²) in [5.41, 5.74) is 4.21. The van der Waals surface area contributed by atoms with Crippen molar-refractivity contribution in [2.45, 2.75) is 19.9 Å². The van der Waals surface area contributed by atoms with Crippen LogP contribution in [-0.4, -0.2) is 14.2 Å². The van der Waals surface area contributed by atoms with Crippen molar-refractivity contribution in [3.8, 4) is 5.75 Å². The highest BCUT2D eigenvalue weighted by molar-refractivity contribution is 6.36. The third kappa shape index (κ3) is 3.03. The molecule has 0 aliphatic rings. The Bertz CT molecular complexity index is 635. The maximum absolute atomic E-state index is 6.35. The maximum Gasteiger partial charge on any atom is 0.127 e. The van der Waals surface area contributed by atoms with Gasteiger partial charge in [-0.1, -0.05) is 41.4 Å². The molecule has 1 unspecified atom stereocenters. The molecule has 0 aromatic heterocycles. The lowest BCUT2D eigenvalue weighted by Gasteiger charge is -2.23. The van der Waals surface area contributed by atoms with Gasteiger partial charge in [-0.05, 0) is 44.2 Å². The average Bonchev–Trinajstić information content (AvgIpc) is 2.46. The number of hydrogen-bond acceptors (Lipinski definition) is 2. The molecule has 112 valence electrons. The van der Waals surface area contributed by atoms with E-state index in [9.17, 15) is 0 Å². The predicted octanol–water partition coefficient (Wildman–Crippen LogP) is 4.93. The van der Waals surface area contributed by atoms with Crippen molar-refractivity contribution >= 4 is 23.2 Å². The number of nitrogens with one attached hydrogen (secondary N) is 1. The molecule has 4 heteroatoms. The Morgan fingerprint density at radius 1 is 1.05 bits per heavy atom. The molecule has 0 fully saturated rings. The molecule has 0 radical (unpaired) electrons. The number of halogens is 2. The molecule has 1 N–H and O–H groups in total. The normalized spacial score (nSPS) is 12.3. The van der Waals surface area contributed by atoms with E-state index < -0.39 is 0 Å². The Balaban J connectivity index is 2.65. The van der Waals surface area contributed by atoms with E-state index in [2.05, 4.69) is 31.3 Å². The monoisotopic (exact) mass is 323 g/mol. The van der Waals surface area contributed by atoms with Gasteiger partial charge in [-0.15, -0.1) is 0 Å². The predicted molar refractivity (Wildman–Crippen MR) is 89.8 cm³/mol. The van der Waals surface area contributed by atoms with Crippen LogP contribution in [0.3, 0.4) is 0 Å². The molecule has 2 nitrogen and oxygen atoms in total. The van der Waals surface area contributed by atoms with Gasteiger partial charge in [0.15, 0.2) is 0 Å². The van der Waals surface area contributed by atoms with E-state index in [0.29, 0.717) is 10.0 Å². The SMILES string of the molecule is CNC(c1ccc(C)c(C)c1OC)c1c(Cl)cccc1Cl. The van der Waals surface area contributed by atoms with Gasteiger partial charge in [0.2, 0.25) is 0 Å². The van der Waals surface area contributed by atoms with Crippen molar-refractivity contribution in [1.82, 2.24) is 5.32 Å². The zero-order chi connectivity index (χ0) is 15.6. The Morgan fingerprint density at radius 2 is 1.67 bits per heavy atom. The molecule has 0 saturated heterocycles. The first-order valence-electron chi connectivity index (χ1n) is 6.76. The number of rotatable bonds is 4. The van der Waals surface area contributed by atoms with E-state index in [4.69, 9.17) is 27.9 Å². The fraction of sp³-hybridized carbons (Fsp3) is 0.294. The minimum absolute atomic E-state index is 0.125. The van der Waals surface area contributed by atoms with E-state index in [1.165, 1.54) is 5.56 Å². The molecular weight excluding hydrogens is 305 g/mol. The molecule has 21 heavy (non-hydrogen) atoms. The lowest BCUT2D eigenvalue weighted by atomic mass is 9.94. The van der Waals surface area contributed by atoms with Crippen LogP contribution in [0.15, 0.2) is 30.3 Å². The molecule has 2 aromatic rings. The van der Waals surface area contributed by atoms with Crippen LogP contribution in [0.5, 0.6) is 5.75 Å². The van der Waals surface area contributed by atoms with Crippen LogP contribution in [0, 0.1) is 13.8 Å². The number of aryl methyl sites for hydroxylation is 1. The van der Waals surface area contributed by atoms with E-state index >= 15 is 0 Å². The van der Waals surface area contributed by atoms with E-state index in [0.717, 1.165) is 22.4 Å². The van der Waals surface area contributed by atoms with E-state index in [-0.39, 0.29) is 6.04 Å². The fourth-order valence-corrected chi connectivity index (χ4v) is 3.17. The zero-order valence-electron chi connectivity index (χ0n) is 12.6. The van der Waals surface area contributed by atoms with Gasteiger partial charge in [-0.2, -0.15) is 0 Å². The number of ether oxygens (including phenoxy) is 1. The molecule has 0 bridgehead atoms. The minimum atomic E-state index is -0.125. The second kappa shape index (κ2) is 6.69. The highest BCUT2D eigenvalue weighted by atomic mass is 35.5. The quantitative estimate of drug-likeness (QED) is 0.861. The average molecular weight is 324 g/mol. The Morgan fingerprint density at radius 3 is 2.19 bits per heavy atom. The van der Waals surface area contributed by atoms with Gasteiger partial charge in [0.1, 0.15) is 5.75 Å². The molecule has 0 heterocycles. The highest BCUT2D eigenvalue weighted by Crippen LogP contribution is 2.39. The Labute approximate surface area is 136 Å². The van der Waals surface area contributed by atoms with E-state index in [1.54, 1.807) is 7.11 Å². The first kappa shape index (κ1) is 16.2. The summed E-state index contributed by atoms with van der Waals surface area (Å²) < 4.78 is 5.61. The minimum Gasteiger partial charge on any atom is -0.496 e. The second-order valence-electron chi connectivity index (χ2n) is 4.99. The molecule has 1 atom stereocenters. The van der Waals surface area contributed by atoms with Crippen LogP contribution >= 0.6 is 23.2 Å². The number of methoxy groups -OCH3 is 1. The summed E-state index contributed by atoms with van der Waals surface area (Å²) in [4.78, 5) is 0. The number of benzene rings is 2. The van der Waals surface area contributed by atoms with Crippen molar-refractivity contribution in [1.29, 1.82) is 0 Å². The van der Waals surface area contributed by atoms with Crippen LogP contribution in [0.4, 0.5) is 0 Å². The molecular formula is C17H19Cl2NO. The summed E-state index contributed by atoms with van der Waals surface area (Å²) in [6, 6.07) is 9.56. The van der Waals surface area contributed by atoms with Gasteiger partial charge < -0.3 is 10.1 Å². The van der Waals surface area contributed by atoms with Crippen LogP contribution in [0.2, 0.25) is 10.0 Å². The van der Waals surface area contributed by atoms with Crippen LogP contribution in [0.25, 0.3) is 0 Å². The van der Waals surface area contributed by atoms with Crippen molar-refractivity contribution in [2.24, 2.45) is 0 Å². The topological polar surface area (TPSA) is 21.3 Å². The molecule has 0 spiro atoms. The highest BCUT2D eigenvalue weighted by Gasteiger charge is 2.23. The maximum atomic E-state index is 6.35. The molecule has 0 amide bonds. The molecule has 0 aliphatic carbocycles. The van der Waals surface area contributed by atoms with E-state index in [1.807, 2.05) is 25.2 Å². The molecule has 0 saturated carbocycles. The largest absolute Gasteiger partial charge is 0.496 e. The first-order chi connectivity index (χ1) is 10.0. The number of hydrogen-bond donors (Lipinski definition) is 1. The first-order valence-corrected chi connectivity index (χ1v) is 7.52. The van der Waals surface area contributed by atoms with Gasteiger partial charge in [-0.3, -0.25) is 0 Å².